The van der Waals surface area contributed by atoms with Crippen LogP contribution in [-0.2, 0) is 19.4 Å². The molecule has 4 nitrogen and oxygen atoms in total. The van der Waals surface area contributed by atoms with Crippen LogP contribution in [0.3, 0.4) is 0 Å². The monoisotopic (exact) mass is 495 g/mol. The van der Waals surface area contributed by atoms with E-state index >= 15 is 0 Å². The standard InChI is InChI=1S/C33H37NO3/c1-23(2)34(24(3)4)29-15-8-11-25(21-29)10-7-14-28-20-26(22-35)18-19-32(28)37-33(36)31-17-9-13-27-12-5-6-16-30(27)31/h5-6,8-9,11-13,15-21,23-24,35H,7,10,14,22H2,1-4H3. The van der Waals surface area contributed by atoms with Gasteiger partial charge in [-0.1, -0.05) is 54.6 Å². The second kappa shape index (κ2) is 12.1. The number of aliphatic hydroxyl groups excluding tert-OH is 1. The Morgan fingerprint density at radius 3 is 2.30 bits per heavy atom. The van der Waals surface area contributed by atoms with Crippen LogP contribution in [0.2, 0.25) is 0 Å². The van der Waals surface area contributed by atoms with Crippen LogP contribution in [0.25, 0.3) is 10.8 Å². The van der Waals surface area contributed by atoms with E-state index in [2.05, 4.69) is 56.9 Å². The predicted octanol–water partition coefficient (Wildman–Crippen LogP) is 7.35. The molecule has 192 valence electrons. The lowest BCUT2D eigenvalue weighted by molar-refractivity contribution is 0.0735. The number of carbonyl (C=O) groups is 1. The summed E-state index contributed by atoms with van der Waals surface area (Å²) in [6, 6.07) is 28.7. The molecule has 0 aromatic heterocycles. The number of hydrogen-bond acceptors (Lipinski definition) is 4. The summed E-state index contributed by atoms with van der Waals surface area (Å²) in [5, 5.41) is 11.6. The molecule has 0 atom stereocenters. The average molecular weight is 496 g/mol. The number of benzene rings is 4. The summed E-state index contributed by atoms with van der Waals surface area (Å²) in [6.45, 7) is 8.85. The Balaban J connectivity index is 1.50. The minimum atomic E-state index is -0.370. The van der Waals surface area contributed by atoms with E-state index in [4.69, 9.17) is 4.74 Å². The van der Waals surface area contributed by atoms with Gasteiger partial charge in [0, 0.05) is 17.8 Å². The quantitative estimate of drug-likeness (QED) is 0.185. The van der Waals surface area contributed by atoms with Gasteiger partial charge in [0.1, 0.15) is 5.75 Å². The summed E-state index contributed by atoms with van der Waals surface area (Å²) < 4.78 is 5.92. The van der Waals surface area contributed by atoms with E-state index in [1.54, 1.807) is 12.1 Å². The van der Waals surface area contributed by atoms with E-state index < -0.39 is 0 Å². The van der Waals surface area contributed by atoms with Crippen molar-refractivity contribution in [2.24, 2.45) is 0 Å². The number of anilines is 1. The maximum atomic E-state index is 13.2. The molecule has 0 radical (unpaired) electrons. The normalized spacial score (nSPS) is 11.3. The molecule has 1 N–H and O–H groups in total. The first-order valence-electron chi connectivity index (χ1n) is 13.2. The van der Waals surface area contributed by atoms with Gasteiger partial charge in [0.05, 0.1) is 12.2 Å². The minimum absolute atomic E-state index is 0.0488. The zero-order valence-corrected chi connectivity index (χ0v) is 22.3. The van der Waals surface area contributed by atoms with Crippen molar-refractivity contribution in [1.29, 1.82) is 0 Å². The summed E-state index contributed by atoms with van der Waals surface area (Å²) in [7, 11) is 0. The molecule has 0 aliphatic rings. The molecule has 4 aromatic carbocycles. The highest BCUT2D eigenvalue weighted by Gasteiger charge is 2.16. The van der Waals surface area contributed by atoms with E-state index in [9.17, 15) is 9.90 Å². The number of nitrogens with zero attached hydrogens (tertiary/aromatic N) is 1. The van der Waals surface area contributed by atoms with E-state index in [1.807, 2.05) is 48.5 Å². The Labute approximate surface area is 220 Å². The first kappa shape index (κ1) is 26.4. The third-order valence-corrected chi connectivity index (χ3v) is 6.75. The van der Waals surface area contributed by atoms with Crippen LogP contribution >= 0.6 is 0 Å². The van der Waals surface area contributed by atoms with Crippen molar-refractivity contribution in [2.45, 2.75) is 65.6 Å². The summed E-state index contributed by atoms with van der Waals surface area (Å²) in [6.07, 6.45) is 2.56. The molecule has 37 heavy (non-hydrogen) atoms. The fraction of sp³-hybridized carbons (Fsp3) is 0.303. The van der Waals surface area contributed by atoms with Crippen molar-refractivity contribution >= 4 is 22.4 Å². The third-order valence-electron chi connectivity index (χ3n) is 6.75. The van der Waals surface area contributed by atoms with Gasteiger partial charge in [-0.05, 0) is 105 Å². The number of aryl methyl sites for hydroxylation is 2. The van der Waals surface area contributed by atoms with Gasteiger partial charge in [0.25, 0.3) is 0 Å². The molecule has 4 aromatic rings. The van der Waals surface area contributed by atoms with E-state index in [-0.39, 0.29) is 12.6 Å². The smallest absolute Gasteiger partial charge is 0.344 e. The van der Waals surface area contributed by atoms with Crippen LogP contribution in [0.1, 0.15) is 61.2 Å². The second-order valence-electron chi connectivity index (χ2n) is 10.1. The Morgan fingerprint density at radius 1 is 0.811 bits per heavy atom. The van der Waals surface area contributed by atoms with E-state index in [0.29, 0.717) is 23.4 Å². The molecule has 4 rings (SSSR count). The molecule has 0 saturated carbocycles. The van der Waals surface area contributed by atoms with E-state index in [1.165, 1.54) is 11.3 Å². The largest absolute Gasteiger partial charge is 0.423 e. The summed E-state index contributed by atoms with van der Waals surface area (Å²) in [5.74, 6) is 0.180. The Kier molecular flexibility index (Phi) is 8.62. The van der Waals surface area contributed by atoms with Crippen LogP contribution in [0.15, 0.2) is 84.9 Å². The van der Waals surface area contributed by atoms with Crippen molar-refractivity contribution in [3.63, 3.8) is 0 Å². The molecular weight excluding hydrogens is 458 g/mol. The molecule has 0 saturated heterocycles. The molecule has 0 heterocycles. The molecule has 0 aliphatic heterocycles. The lowest BCUT2D eigenvalue weighted by Gasteiger charge is -2.33. The highest BCUT2D eigenvalue weighted by molar-refractivity contribution is 6.05. The predicted molar refractivity (Wildman–Crippen MR) is 152 cm³/mol. The molecule has 0 bridgehead atoms. The number of esters is 1. The van der Waals surface area contributed by atoms with E-state index in [0.717, 1.165) is 41.2 Å². The summed E-state index contributed by atoms with van der Waals surface area (Å²) >= 11 is 0. The highest BCUT2D eigenvalue weighted by atomic mass is 16.5. The molecule has 0 fully saturated rings. The number of fused-ring (bicyclic) bond motifs is 1. The van der Waals surface area contributed by atoms with Crippen molar-refractivity contribution in [1.82, 2.24) is 0 Å². The lowest BCUT2D eigenvalue weighted by atomic mass is 10.0. The average Bonchev–Trinajstić information content (AvgIpc) is 2.89. The molecule has 0 unspecified atom stereocenters. The zero-order chi connectivity index (χ0) is 26.4. The molecule has 0 aliphatic carbocycles. The van der Waals surface area contributed by atoms with Crippen LogP contribution < -0.4 is 9.64 Å². The fourth-order valence-corrected chi connectivity index (χ4v) is 5.13. The highest BCUT2D eigenvalue weighted by Crippen LogP contribution is 2.27. The number of carbonyl (C=O) groups excluding carboxylic acids is 1. The molecule has 0 amide bonds. The summed E-state index contributed by atoms with van der Waals surface area (Å²) in [5.41, 5.74) is 4.83. The summed E-state index contributed by atoms with van der Waals surface area (Å²) in [4.78, 5) is 15.6. The topological polar surface area (TPSA) is 49.8 Å². The fourth-order valence-electron chi connectivity index (χ4n) is 5.13. The van der Waals surface area contributed by atoms with Gasteiger partial charge >= 0.3 is 5.97 Å². The maximum absolute atomic E-state index is 13.2. The number of hydrogen-bond donors (Lipinski definition) is 1. The van der Waals surface area contributed by atoms with Crippen molar-refractivity contribution in [2.75, 3.05) is 4.90 Å². The SMILES string of the molecule is CC(C)N(c1cccc(CCCc2cc(CO)ccc2OC(=O)c2cccc3ccccc23)c1)C(C)C. The minimum Gasteiger partial charge on any atom is -0.423 e. The van der Waals surface area contributed by atoms with Gasteiger partial charge in [0.15, 0.2) is 0 Å². The number of ether oxygens (including phenoxy) is 1. The van der Waals surface area contributed by atoms with Crippen LogP contribution in [0, 0.1) is 0 Å². The second-order valence-corrected chi connectivity index (χ2v) is 10.1. The van der Waals surface area contributed by atoms with Gasteiger partial charge in [-0.25, -0.2) is 4.79 Å². The van der Waals surface area contributed by atoms with Gasteiger partial charge in [-0.2, -0.15) is 0 Å². The van der Waals surface area contributed by atoms with Gasteiger partial charge in [0.2, 0.25) is 0 Å². The van der Waals surface area contributed by atoms with Gasteiger partial charge < -0.3 is 14.7 Å². The third kappa shape index (κ3) is 6.39. The maximum Gasteiger partial charge on any atom is 0.344 e. The van der Waals surface area contributed by atoms with Crippen LogP contribution in [0.5, 0.6) is 5.75 Å². The lowest BCUT2D eigenvalue weighted by Crippen LogP contribution is -2.36. The van der Waals surface area contributed by atoms with Crippen molar-refractivity contribution in [3.05, 3.63) is 107 Å². The van der Waals surface area contributed by atoms with Crippen LogP contribution in [0.4, 0.5) is 5.69 Å². The first-order valence-corrected chi connectivity index (χ1v) is 13.2. The van der Waals surface area contributed by atoms with Gasteiger partial charge in [-0.3, -0.25) is 0 Å². The first-order chi connectivity index (χ1) is 17.9. The molecular formula is C33H37NO3. The Morgan fingerprint density at radius 2 is 1.54 bits per heavy atom. The van der Waals surface area contributed by atoms with Crippen LogP contribution in [-0.4, -0.2) is 23.2 Å². The Bertz CT molecular complexity index is 1350. The number of rotatable bonds is 10. The zero-order valence-electron chi connectivity index (χ0n) is 22.3. The molecule has 4 heteroatoms. The van der Waals surface area contributed by atoms with Crippen molar-refractivity contribution < 1.29 is 14.6 Å². The van der Waals surface area contributed by atoms with Crippen molar-refractivity contribution in [3.8, 4) is 5.75 Å². The number of aliphatic hydroxyl groups is 1. The Hall–Kier alpha value is -3.63. The van der Waals surface area contributed by atoms with Gasteiger partial charge in [-0.15, -0.1) is 0 Å². The molecule has 0 spiro atoms.